The van der Waals surface area contributed by atoms with Crippen molar-refractivity contribution < 1.29 is 0 Å². The maximum absolute atomic E-state index is 6.64. The van der Waals surface area contributed by atoms with Crippen LogP contribution in [-0.4, -0.2) is 0 Å². The molecule has 106 valence electrons. The van der Waals surface area contributed by atoms with Crippen molar-refractivity contribution in [2.24, 2.45) is 0 Å². The Morgan fingerprint density at radius 1 is 0.714 bits per heavy atom. The van der Waals surface area contributed by atoms with Crippen LogP contribution in [0.3, 0.4) is 0 Å². The van der Waals surface area contributed by atoms with Gasteiger partial charge < -0.3 is 0 Å². The molecule has 0 nitrogen and oxygen atoms in total. The zero-order chi connectivity index (χ0) is 14.8. The molecule has 3 aromatic rings. The van der Waals surface area contributed by atoms with Gasteiger partial charge in [0.25, 0.3) is 0 Å². The van der Waals surface area contributed by atoms with Crippen molar-refractivity contribution in [1.82, 2.24) is 0 Å². The standard InChI is InChI=1S/C18H13Cl3/c19-16-8-4-1-5-12(16)11-18(21)15-9-10-17(20)14-7-3-2-6-13(14)15/h1-10,18H,11H2. The molecule has 0 amide bonds. The molecule has 3 aromatic carbocycles. The van der Waals surface area contributed by atoms with E-state index in [1.807, 2.05) is 54.6 Å². The van der Waals surface area contributed by atoms with Crippen LogP contribution in [0.25, 0.3) is 10.8 Å². The van der Waals surface area contributed by atoms with Gasteiger partial charge in [0.2, 0.25) is 0 Å². The van der Waals surface area contributed by atoms with Crippen molar-refractivity contribution in [2.45, 2.75) is 11.8 Å². The predicted octanol–water partition coefficient (Wildman–Crippen LogP) is 6.67. The number of alkyl halides is 1. The summed E-state index contributed by atoms with van der Waals surface area (Å²) in [6.07, 6.45) is 0.687. The first-order chi connectivity index (χ1) is 10.2. The summed E-state index contributed by atoms with van der Waals surface area (Å²) in [5, 5.41) is 3.47. The highest BCUT2D eigenvalue weighted by atomic mass is 35.5. The van der Waals surface area contributed by atoms with Gasteiger partial charge in [-0.3, -0.25) is 0 Å². The molecule has 1 atom stereocenters. The molecule has 0 bridgehead atoms. The van der Waals surface area contributed by atoms with Gasteiger partial charge in [-0.1, -0.05) is 71.7 Å². The number of hydrogen-bond acceptors (Lipinski definition) is 0. The van der Waals surface area contributed by atoms with Crippen molar-refractivity contribution >= 4 is 45.6 Å². The predicted molar refractivity (Wildman–Crippen MR) is 92.7 cm³/mol. The van der Waals surface area contributed by atoms with Gasteiger partial charge in [-0.25, -0.2) is 0 Å². The van der Waals surface area contributed by atoms with Gasteiger partial charge in [0.05, 0.1) is 5.38 Å². The van der Waals surface area contributed by atoms with Gasteiger partial charge in [0.15, 0.2) is 0 Å². The van der Waals surface area contributed by atoms with Gasteiger partial charge >= 0.3 is 0 Å². The summed E-state index contributed by atoms with van der Waals surface area (Å²) in [5.41, 5.74) is 2.13. The quantitative estimate of drug-likeness (QED) is 0.469. The Morgan fingerprint density at radius 2 is 1.38 bits per heavy atom. The molecule has 1 unspecified atom stereocenters. The number of hydrogen-bond donors (Lipinski definition) is 0. The normalized spacial score (nSPS) is 12.5. The van der Waals surface area contributed by atoms with E-state index >= 15 is 0 Å². The minimum absolute atomic E-state index is 0.146. The smallest absolute Gasteiger partial charge is 0.0632 e. The molecule has 0 aromatic heterocycles. The average Bonchev–Trinajstić information content (AvgIpc) is 2.50. The highest BCUT2D eigenvalue weighted by molar-refractivity contribution is 6.36. The molecule has 0 radical (unpaired) electrons. The average molecular weight is 336 g/mol. The second kappa shape index (κ2) is 6.27. The Kier molecular flexibility index (Phi) is 4.40. The molecule has 0 saturated heterocycles. The third-order valence-corrected chi connectivity index (χ3v) is 4.69. The molecular formula is C18H13Cl3. The number of halogens is 3. The largest absolute Gasteiger partial charge is 0.117 e. The third-order valence-electron chi connectivity index (χ3n) is 3.60. The van der Waals surface area contributed by atoms with E-state index in [9.17, 15) is 0 Å². The van der Waals surface area contributed by atoms with Crippen LogP contribution >= 0.6 is 34.8 Å². The topological polar surface area (TPSA) is 0 Å². The second-order valence-electron chi connectivity index (χ2n) is 4.95. The summed E-state index contributed by atoms with van der Waals surface area (Å²) in [4.78, 5) is 0. The fourth-order valence-electron chi connectivity index (χ4n) is 2.53. The second-order valence-corrected chi connectivity index (χ2v) is 6.29. The monoisotopic (exact) mass is 334 g/mol. The van der Waals surface area contributed by atoms with Gasteiger partial charge in [-0.15, -0.1) is 11.6 Å². The van der Waals surface area contributed by atoms with Gasteiger partial charge in [-0.2, -0.15) is 0 Å². The van der Waals surface area contributed by atoms with E-state index in [-0.39, 0.29) is 5.38 Å². The maximum atomic E-state index is 6.64. The van der Waals surface area contributed by atoms with E-state index in [0.29, 0.717) is 6.42 Å². The van der Waals surface area contributed by atoms with E-state index in [4.69, 9.17) is 34.8 Å². The summed E-state index contributed by atoms with van der Waals surface area (Å²) in [6.45, 7) is 0. The summed E-state index contributed by atoms with van der Waals surface area (Å²) in [6, 6.07) is 19.8. The van der Waals surface area contributed by atoms with Crippen molar-refractivity contribution in [2.75, 3.05) is 0 Å². The molecule has 3 rings (SSSR count). The Morgan fingerprint density at radius 3 is 2.14 bits per heavy atom. The number of rotatable bonds is 3. The zero-order valence-corrected chi connectivity index (χ0v) is 13.5. The molecule has 21 heavy (non-hydrogen) atoms. The zero-order valence-electron chi connectivity index (χ0n) is 11.2. The minimum atomic E-state index is -0.146. The lowest BCUT2D eigenvalue weighted by Gasteiger charge is -2.14. The minimum Gasteiger partial charge on any atom is -0.117 e. The molecule has 3 heteroatoms. The molecule has 0 aliphatic carbocycles. The Balaban J connectivity index is 2.01. The van der Waals surface area contributed by atoms with Crippen LogP contribution in [0.5, 0.6) is 0 Å². The van der Waals surface area contributed by atoms with E-state index in [1.54, 1.807) is 0 Å². The highest BCUT2D eigenvalue weighted by Crippen LogP contribution is 2.35. The van der Waals surface area contributed by atoms with Crippen molar-refractivity contribution in [3.63, 3.8) is 0 Å². The highest BCUT2D eigenvalue weighted by Gasteiger charge is 2.14. The summed E-state index contributed by atoms with van der Waals surface area (Å²) < 4.78 is 0. The molecule has 0 N–H and O–H groups in total. The lowest BCUT2D eigenvalue weighted by Crippen LogP contribution is -1.98. The first-order valence-corrected chi connectivity index (χ1v) is 7.90. The number of benzene rings is 3. The SMILES string of the molecule is Clc1ccccc1CC(Cl)c1ccc(Cl)c2ccccc12. The van der Waals surface area contributed by atoms with Crippen LogP contribution in [0, 0.1) is 0 Å². The number of fused-ring (bicyclic) bond motifs is 1. The molecule has 0 aliphatic rings. The van der Waals surface area contributed by atoms with E-state index in [1.165, 1.54) is 0 Å². The van der Waals surface area contributed by atoms with E-state index in [0.717, 1.165) is 31.9 Å². The third kappa shape index (κ3) is 3.03. The van der Waals surface area contributed by atoms with Crippen LogP contribution in [-0.2, 0) is 6.42 Å². The molecule has 0 aliphatic heterocycles. The fraction of sp³-hybridized carbons (Fsp3) is 0.111. The Labute approximate surface area is 139 Å². The first kappa shape index (κ1) is 14.7. The van der Waals surface area contributed by atoms with Crippen molar-refractivity contribution in [1.29, 1.82) is 0 Å². The fourth-order valence-corrected chi connectivity index (χ4v) is 3.32. The van der Waals surface area contributed by atoms with Gasteiger partial charge in [0, 0.05) is 15.4 Å². The molecular weight excluding hydrogens is 323 g/mol. The van der Waals surface area contributed by atoms with Crippen LogP contribution in [0.15, 0.2) is 60.7 Å². The van der Waals surface area contributed by atoms with E-state index < -0.39 is 0 Å². The lowest BCUT2D eigenvalue weighted by atomic mass is 9.98. The van der Waals surface area contributed by atoms with Crippen LogP contribution < -0.4 is 0 Å². The summed E-state index contributed by atoms with van der Waals surface area (Å²) in [7, 11) is 0. The molecule has 0 saturated carbocycles. The van der Waals surface area contributed by atoms with Gasteiger partial charge in [0.1, 0.15) is 0 Å². The molecule has 0 spiro atoms. The summed E-state index contributed by atoms with van der Waals surface area (Å²) >= 11 is 19.1. The van der Waals surface area contributed by atoms with Crippen LogP contribution in [0.2, 0.25) is 10.0 Å². The Bertz CT molecular complexity index is 780. The van der Waals surface area contributed by atoms with Crippen LogP contribution in [0.4, 0.5) is 0 Å². The maximum Gasteiger partial charge on any atom is 0.0632 e. The summed E-state index contributed by atoms with van der Waals surface area (Å²) in [5.74, 6) is 0. The Hall–Kier alpha value is -1.21. The van der Waals surface area contributed by atoms with Gasteiger partial charge in [-0.05, 0) is 35.1 Å². The lowest BCUT2D eigenvalue weighted by molar-refractivity contribution is 0.929. The molecule has 0 heterocycles. The first-order valence-electron chi connectivity index (χ1n) is 6.71. The van der Waals surface area contributed by atoms with Crippen molar-refractivity contribution in [3.8, 4) is 0 Å². The van der Waals surface area contributed by atoms with E-state index in [2.05, 4.69) is 6.07 Å². The van der Waals surface area contributed by atoms with Crippen molar-refractivity contribution in [3.05, 3.63) is 81.8 Å². The molecule has 0 fully saturated rings. The van der Waals surface area contributed by atoms with Crippen LogP contribution in [0.1, 0.15) is 16.5 Å².